The molecule has 35 heavy (non-hydrogen) atoms. The molecule has 1 rings (SSSR count). The number of amides is 3. The highest BCUT2D eigenvalue weighted by atomic mass is 16.4. The number of carboxylic acids is 2. The van der Waals surface area contributed by atoms with Gasteiger partial charge in [0.1, 0.15) is 18.6 Å². The van der Waals surface area contributed by atoms with Gasteiger partial charge in [0.15, 0.2) is 5.96 Å². The summed E-state index contributed by atoms with van der Waals surface area (Å²) in [7, 11) is 0. The summed E-state index contributed by atoms with van der Waals surface area (Å²) in [4.78, 5) is 63.5. The number of rotatable bonds is 15. The Morgan fingerprint density at radius 1 is 0.886 bits per heavy atom. The second-order valence-electron chi connectivity index (χ2n) is 7.58. The molecule has 0 spiro atoms. The minimum atomic E-state index is -1.53. The van der Waals surface area contributed by atoms with Crippen LogP contribution in [0.2, 0.25) is 0 Å². The molecule has 14 heteroatoms. The first-order chi connectivity index (χ1) is 16.5. The Morgan fingerprint density at radius 2 is 1.51 bits per heavy atom. The number of carbonyl (C=O) groups excluding carboxylic acids is 3. The van der Waals surface area contributed by atoms with Crippen LogP contribution in [0.15, 0.2) is 35.3 Å². The average molecular weight is 494 g/mol. The maximum Gasteiger partial charge on any atom is 0.322 e. The molecule has 0 aliphatic rings. The number of nitrogens with zero attached hydrogens (tertiary/aromatic N) is 1. The fraction of sp³-hybridized carbons (Fsp3) is 0.429. The van der Waals surface area contributed by atoms with Gasteiger partial charge in [-0.25, -0.2) is 0 Å². The van der Waals surface area contributed by atoms with Crippen LogP contribution in [-0.2, 0) is 30.4 Å². The van der Waals surface area contributed by atoms with E-state index in [1.165, 1.54) is 0 Å². The highest BCUT2D eigenvalue weighted by Crippen LogP contribution is 2.05. The van der Waals surface area contributed by atoms with Crippen molar-refractivity contribution < 1.29 is 34.2 Å². The van der Waals surface area contributed by atoms with Crippen molar-refractivity contribution in [3.63, 3.8) is 0 Å². The number of benzene rings is 1. The molecule has 0 fully saturated rings. The van der Waals surface area contributed by atoms with Crippen LogP contribution >= 0.6 is 0 Å². The van der Waals surface area contributed by atoms with Crippen LogP contribution in [0.25, 0.3) is 0 Å². The molecule has 0 aromatic heterocycles. The molecule has 14 nitrogen and oxygen atoms in total. The van der Waals surface area contributed by atoms with Gasteiger partial charge < -0.3 is 43.4 Å². The van der Waals surface area contributed by atoms with Crippen molar-refractivity contribution in [1.29, 1.82) is 0 Å². The smallest absolute Gasteiger partial charge is 0.322 e. The molecule has 1 aromatic rings. The largest absolute Gasteiger partial charge is 0.481 e. The monoisotopic (exact) mass is 493 g/mol. The van der Waals surface area contributed by atoms with Gasteiger partial charge >= 0.3 is 11.9 Å². The number of aliphatic carboxylic acids is 2. The lowest BCUT2D eigenvalue weighted by atomic mass is 10.0. The summed E-state index contributed by atoms with van der Waals surface area (Å²) in [6.45, 7) is -0.562. The van der Waals surface area contributed by atoms with Gasteiger partial charge in [-0.05, 0) is 24.8 Å². The number of aliphatic imine (C=N–C) groups is 1. The lowest BCUT2D eigenvalue weighted by Crippen LogP contribution is -2.56. The number of guanidine groups is 1. The Morgan fingerprint density at radius 3 is 2.09 bits per heavy atom. The van der Waals surface area contributed by atoms with Gasteiger partial charge in [-0.15, -0.1) is 0 Å². The minimum absolute atomic E-state index is 0.00916. The summed E-state index contributed by atoms with van der Waals surface area (Å²) < 4.78 is 0. The summed E-state index contributed by atoms with van der Waals surface area (Å²) in [5, 5.41) is 24.8. The average Bonchev–Trinajstić information content (AvgIpc) is 2.78. The van der Waals surface area contributed by atoms with E-state index in [4.69, 9.17) is 22.3 Å². The lowest BCUT2D eigenvalue weighted by Gasteiger charge is -2.23. The van der Waals surface area contributed by atoms with E-state index in [1.807, 2.05) is 0 Å². The van der Waals surface area contributed by atoms with E-state index in [-0.39, 0.29) is 31.8 Å². The lowest BCUT2D eigenvalue weighted by molar-refractivity contribution is -0.141. The van der Waals surface area contributed by atoms with Crippen LogP contribution in [0, 0.1) is 0 Å². The molecule has 11 N–H and O–H groups in total. The fourth-order valence-corrected chi connectivity index (χ4v) is 2.95. The van der Waals surface area contributed by atoms with Gasteiger partial charge in [0, 0.05) is 6.54 Å². The van der Waals surface area contributed by atoms with E-state index in [1.54, 1.807) is 30.3 Å². The summed E-state index contributed by atoms with van der Waals surface area (Å²) in [5.74, 6) is -5.36. The molecule has 3 amide bonds. The Bertz CT molecular complexity index is 920. The number of hydrogen-bond donors (Lipinski definition) is 8. The highest BCUT2D eigenvalue weighted by Gasteiger charge is 2.29. The van der Waals surface area contributed by atoms with E-state index in [0.29, 0.717) is 0 Å². The summed E-state index contributed by atoms with van der Waals surface area (Å²) in [5.41, 5.74) is 17.2. The first kappa shape index (κ1) is 28.8. The van der Waals surface area contributed by atoms with Crippen molar-refractivity contribution in [2.45, 2.75) is 43.8 Å². The maximum atomic E-state index is 12.8. The molecule has 0 saturated carbocycles. The van der Waals surface area contributed by atoms with Crippen molar-refractivity contribution in [1.82, 2.24) is 16.0 Å². The number of carbonyl (C=O) groups is 5. The van der Waals surface area contributed by atoms with E-state index >= 15 is 0 Å². The van der Waals surface area contributed by atoms with E-state index in [0.717, 1.165) is 5.56 Å². The van der Waals surface area contributed by atoms with Gasteiger partial charge in [0.2, 0.25) is 17.7 Å². The Kier molecular flexibility index (Phi) is 12.2. The third-order valence-corrected chi connectivity index (χ3v) is 4.64. The third kappa shape index (κ3) is 12.0. The van der Waals surface area contributed by atoms with E-state index < -0.39 is 60.8 Å². The molecule has 3 unspecified atom stereocenters. The fourth-order valence-electron chi connectivity index (χ4n) is 2.95. The first-order valence-corrected chi connectivity index (χ1v) is 10.7. The van der Waals surface area contributed by atoms with Crippen LogP contribution in [0.3, 0.4) is 0 Å². The summed E-state index contributed by atoms with van der Waals surface area (Å²) in [6.07, 6.45) is -0.372. The standard InChI is InChI=1S/C21H31N7O7/c22-13(9-12-5-2-1-3-6-12)18(33)28-15(10-16(29)30)20(35)27-14(7-4-8-25-21(23)24)19(34)26-11-17(31)32/h1-3,5-6,13-15H,4,7-11,22H2,(H,26,34)(H,27,35)(H,28,33)(H,29,30)(H,31,32)(H4,23,24,25). The predicted octanol–water partition coefficient (Wildman–Crippen LogP) is -2.74. The van der Waals surface area contributed by atoms with Crippen molar-refractivity contribution in [3.05, 3.63) is 35.9 Å². The van der Waals surface area contributed by atoms with Crippen molar-refractivity contribution >= 4 is 35.6 Å². The van der Waals surface area contributed by atoms with Gasteiger partial charge in [0.05, 0.1) is 12.5 Å². The van der Waals surface area contributed by atoms with Gasteiger partial charge in [-0.1, -0.05) is 30.3 Å². The molecular formula is C21H31N7O7. The molecule has 0 bridgehead atoms. The van der Waals surface area contributed by atoms with Crippen LogP contribution in [0.4, 0.5) is 0 Å². The van der Waals surface area contributed by atoms with Gasteiger partial charge in [-0.3, -0.25) is 29.0 Å². The molecule has 0 aliphatic heterocycles. The number of hydrogen-bond acceptors (Lipinski definition) is 7. The topological polar surface area (TPSA) is 252 Å². The van der Waals surface area contributed by atoms with Crippen LogP contribution in [0.1, 0.15) is 24.8 Å². The van der Waals surface area contributed by atoms with Crippen molar-refractivity contribution in [2.75, 3.05) is 13.1 Å². The molecular weight excluding hydrogens is 462 g/mol. The Labute approximate surface area is 201 Å². The van der Waals surface area contributed by atoms with E-state index in [2.05, 4.69) is 20.9 Å². The zero-order chi connectivity index (χ0) is 26.4. The molecule has 1 aromatic carbocycles. The normalized spacial score (nSPS) is 12.9. The van der Waals surface area contributed by atoms with Gasteiger partial charge in [0.25, 0.3) is 0 Å². The molecule has 0 radical (unpaired) electrons. The zero-order valence-corrected chi connectivity index (χ0v) is 19.0. The van der Waals surface area contributed by atoms with Crippen LogP contribution in [0.5, 0.6) is 0 Å². The van der Waals surface area contributed by atoms with E-state index in [9.17, 15) is 29.1 Å². The third-order valence-electron chi connectivity index (χ3n) is 4.64. The first-order valence-electron chi connectivity index (χ1n) is 10.7. The Balaban J connectivity index is 2.89. The minimum Gasteiger partial charge on any atom is -0.481 e. The van der Waals surface area contributed by atoms with Crippen LogP contribution < -0.4 is 33.2 Å². The highest BCUT2D eigenvalue weighted by molar-refractivity contribution is 5.95. The predicted molar refractivity (Wildman–Crippen MR) is 125 cm³/mol. The molecule has 3 atom stereocenters. The molecule has 0 heterocycles. The zero-order valence-electron chi connectivity index (χ0n) is 19.0. The van der Waals surface area contributed by atoms with Crippen molar-refractivity contribution in [2.24, 2.45) is 22.2 Å². The molecule has 192 valence electrons. The number of nitrogens with one attached hydrogen (secondary N) is 3. The quantitative estimate of drug-likeness (QED) is 0.0710. The van der Waals surface area contributed by atoms with Crippen LogP contribution in [-0.4, -0.2) is 77.0 Å². The number of carboxylic acid groups (broad SMARTS) is 2. The summed E-state index contributed by atoms with van der Waals surface area (Å²) >= 11 is 0. The second-order valence-corrected chi connectivity index (χ2v) is 7.58. The molecule has 0 aliphatic carbocycles. The Hall–Kier alpha value is -4.20. The van der Waals surface area contributed by atoms with Gasteiger partial charge in [-0.2, -0.15) is 0 Å². The second kappa shape index (κ2) is 14.8. The summed E-state index contributed by atoms with van der Waals surface area (Å²) in [6, 6.07) is 5.02. The number of nitrogens with two attached hydrogens (primary N) is 3. The maximum absolute atomic E-state index is 12.8. The van der Waals surface area contributed by atoms with Crippen molar-refractivity contribution in [3.8, 4) is 0 Å². The SMILES string of the molecule is NC(N)=NCCCC(NC(=O)C(CC(=O)O)NC(=O)C(N)Cc1ccccc1)C(=O)NCC(=O)O. The molecule has 0 saturated heterocycles.